The molecular formula is C19H16Br2N4Pd. The first-order valence-electron chi connectivity index (χ1n) is 7.73. The molecular weight excluding hydrogens is 550 g/mol. The second-order valence-corrected chi connectivity index (χ2v) is 12.5. The zero-order valence-electron chi connectivity index (χ0n) is 13.7. The van der Waals surface area contributed by atoms with Crippen molar-refractivity contribution < 1.29 is 13.9 Å². The van der Waals surface area contributed by atoms with Gasteiger partial charge in [-0.3, -0.25) is 0 Å². The summed E-state index contributed by atoms with van der Waals surface area (Å²) in [5, 5.41) is 0. The smallest absolute Gasteiger partial charge is 0.214 e. The van der Waals surface area contributed by atoms with E-state index in [1.165, 1.54) is 0 Å². The molecule has 0 amide bonds. The van der Waals surface area contributed by atoms with E-state index in [1.54, 1.807) is 0 Å². The standard InChI is InChI=1S/C19H16N4.2BrH.Pd/c1-3-7-18(8-4-1)22-13-11-20(16-22)15-21-12-14-23(17-21)19-9-5-2-6-10-19;;;/h1-14H,15H2;2*1H;/q;;;+2/p-2. The summed E-state index contributed by atoms with van der Waals surface area (Å²) in [7, 11) is 0. The number of rotatable bonds is 4. The Bertz CT molecular complexity index is 665. The third-order valence-corrected chi connectivity index (χ3v) is 3.64. The summed E-state index contributed by atoms with van der Waals surface area (Å²) in [6.07, 6.45) is 8.02. The Morgan fingerprint density at radius 2 is 1.04 bits per heavy atom. The maximum atomic E-state index is 3.31. The molecule has 0 bridgehead atoms. The largest absolute Gasteiger partial charge is 0.328 e. The van der Waals surface area contributed by atoms with Gasteiger partial charge in [0.15, 0.2) is 0 Å². The number of hydrogen-bond donors (Lipinski definition) is 0. The molecule has 0 saturated carbocycles. The number of para-hydroxylation sites is 2. The molecule has 2 aliphatic rings. The Hall–Kier alpha value is -1.26. The minimum atomic E-state index is 0.575. The number of benzene rings is 2. The van der Waals surface area contributed by atoms with Crippen LogP contribution >= 0.6 is 26.9 Å². The molecule has 0 atom stereocenters. The van der Waals surface area contributed by atoms with Crippen LogP contribution in [0.4, 0.5) is 11.4 Å². The van der Waals surface area contributed by atoms with Crippen LogP contribution < -0.4 is 9.80 Å². The molecule has 0 aromatic heterocycles. The third kappa shape index (κ3) is 5.37. The molecule has 0 unspecified atom stereocenters. The summed E-state index contributed by atoms with van der Waals surface area (Å²) >= 11 is 6.80. The van der Waals surface area contributed by atoms with Crippen LogP contribution in [0.1, 0.15) is 0 Å². The summed E-state index contributed by atoms with van der Waals surface area (Å²) in [6, 6.07) is 20.4. The molecule has 4 nitrogen and oxygen atoms in total. The van der Waals surface area contributed by atoms with Crippen LogP contribution in [0.25, 0.3) is 0 Å². The first kappa shape index (κ1) is 19.5. The Balaban J connectivity index is 0.000000613. The van der Waals surface area contributed by atoms with Gasteiger partial charge in [0.25, 0.3) is 0 Å². The van der Waals surface area contributed by atoms with Crippen LogP contribution in [-0.4, -0.2) is 16.5 Å². The van der Waals surface area contributed by atoms with Crippen LogP contribution in [-0.2, 0) is 13.9 Å². The molecule has 2 aromatic carbocycles. The summed E-state index contributed by atoms with van der Waals surface area (Å²) in [5.74, 6) is 0. The zero-order chi connectivity index (χ0) is 18.2. The Labute approximate surface area is 176 Å². The Kier molecular flexibility index (Phi) is 7.63. The van der Waals surface area contributed by atoms with Crippen molar-refractivity contribution in [3.63, 3.8) is 0 Å². The molecule has 2 aromatic rings. The molecule has 136 valence electrons. The summed E-state index contributed by atoms with van der Waals surface area (Å²) in [5.41, 5.74) is 2.20. The fraction of sp³-hybridized carbons (Fsp3) is 0.0526. The Morgan fingerprint density at radius 3 is 1.42 bits per heavy atom. The fourth-order valence-electron chi connectivity index (χ4n) is 2.49. The zero-order valence-corrected chi connectivity index (χ0v) is 18.4. The van der Waals surface area contributed by atoms with E-state index in [-0.39, 0.29) is 0 Å². The van der Waals surface area contributed by atoms with Gasteiger partial charge in [0.05, 0.1) is 6.67 Å². The van der Waals surface area contributed by atoms with Crippen molar-refractivity contribution >= 4 is 38.2 Å². The van der Waals surface area contributed by atoms with E-state index in [9.17, 15) is 0 Å². The minimum Gasteiger partial charge on any atom is -0.328 e. The number of anilines is 2. The summed E-state index contributed by atoms with van der Waals surface area (Å²) in [6.45, 7) is 7.29. The topological polar surface area (TPSA) is 13.0 Å². The normalized spacial score (nSPS) is 15.6. The maximum Gasteiger partial charge on any atom is 0.214 e. The average Bonchev–Trinajstić information content (AvgIpc) is 3.34. The van der Waals surface area contributed by atoms with Crippen LogP contribution in [0.15, 0.2) is 85.5 Å². The molecule has 4 rings (SSSR count). The quantitative estimate of drug-likeness (QED) is 0.471. The van der Waals surface area contributed by atoms with Gasteiger partial charge in [-0.15, -0.1) is 0 Å². The molecule has 2 aliphatic heterocycles. The van der Waals surface area contributed by atoms with E-state index in [0.717, 1.165) is 11.4 Å². The van der Waals surface area contributed by atoms with E-state index in [4.69, 9.17) is 0 Å². The van der Waals surface area contributed by atoms with Crippen LogP contribution in [0.5, 0.6) is 0 Å². The molecule has 7 heteroatoms. The van der Waals surface area contributed by atoms with Gasteiger partial charge < -0.3 is 19.6 Å². The number of nitrogens with zero attached hydrogens (tertiary/aromatic N) is 4. The van der Waals surface area contributed by atoms with Crippen molar-refractivity contribution in [2.75, 3.05) is 16.5 Å². The molecule has 0 saturated heterocycles. The van der Waals surface area contributed by atoms with Gasteiger partial charge in [-0.1, -0.05) is 36.4 Å². The molecule has 4 radical (unpaired) electrons. The molecule has 0 fully saturated rings. The van der Waals surface area contributed by atoms with E-state index < -0.39 is 0 Å². The molecule has 26 heavy (non-hydrogen) atoms. The minimum absolute atomic E-state index is 0.575. The van der Waals surface area contributed by atoms with E-state index in [2.05, 4.69) is 64.5 Å². The predicted octanol–water partition coefficient (Wildman–Crippen LogP) is 5.21. The van der Waals surface area contributed by atoms with Crippen LogP contribution in [0.2, 0.25) is 0 Å². The first-order valence-corrected chi connectivity index (χ1v) is 14.8. The van der Waals surface area contributed by atoms with E-state index in [1.807, 2.05) is 80.8 Å². The first-order chi connectivity index (χ1) is 12.8. The average molecular weight is 567 g/mol. The monoisotopic (exact) mass is 564 g/mol. The van der Waals surface area contributed by atoms with Crippen molar-refractivity contribution in [3.8, 4) is 0 Å². The molecule has 0 aliphatic carbocycles. The van der Waals surface area contributed by atoms with Gasteiger partial charge in [-0.25, -0.2) is 0 Å². The van der Waals surface area contributed by atoms with Crippen LogP contribution in [0.3, 0.4) is 0 Å². The van der Waals surface area contributed by atoms with Gasteiger partial charge in [0.2, 0.25) is 13.3 Å². The van der Waals surface area contributed by atoms with Gasteiger partial charge in [-0.2, -0.15) is 0 Å². The summed E-state index contributed by atoms with van der Waals surface area (Å²) < 4.78 is 0. The van der Waals surface area contributed by atoms with E-state index >= 15 is 0 Å². The molecule has 0 N–H and O–H groups in total. The maximum absolute atomic E-state index is 3.31. The van der Waals surface area contributed by atoms with Crippen molar-refractivity contribution in [3.05, 3.63) is 98.8 Å². The molecule has 2 heterocycles. The second kappa shape index (κ2) is 10.2. The second-order valence-electron chi connectivity index (χ2n) is 5.33. The van der Waals surface area contributed by atoms with Gasteiger partial charge in [0, 0.05) is 36.2 Å². The predicted molar refractivity (Wildman–Crippen MR) is 109 cm³/mol. The molecule has 0 spiro atoms. The van der Waals surface area contributed by atoms with E-state index in [0.29, 0.717) is 20.6 Å². The van der Waals surface area contributed by atoms with Crippen molar-refractivity contribution in [2.24, 2.45) is 0 Å². The van der Waals surface area contributed by atoms with Crippen molar-refractivity contribution in [1.82, 2.24) is 9.80 Å². The summed E-state index contributed by atoms with van der Waals surface area (Å²) in [4.78, 5) is 7.96. The Morgan fingerprint density at radius 1 is 0.654 bits per heavy atom. The van der Waals surface area contributed by atoms with Gasteiger partial charge in [0.1, 0.15) is 0 Å². The number of halogens is 2. The SMILES string of the molecule is [Br][Pd][Br].[C]1N(CN2[C]N(c3ccccc3)C=C2)C=CN1c1ccccc1. The number of hydrogen-bond acceptors (Lipinski definition) is 4. The third-order valence-electron chi connectivity index (χ3n) is 3.64. The van der Waals surface area contributed by atoms with Crippen LogP contribution in [0, 0.1) is 13.3 Å². The van der Waals surface area contributed by atoms with Crippen molar-refractivity contribution in [2.45, 2.75) is 0 Å². The van der Waals surface area contributed by atoms with Crippen molar-refractivity contribution in [1.29, 1.82) is 0 Å². The fourth-order valence-corrected chi connectivity index (χ4v) is 2.49. The van der Waals surface area contributed by atoms with Gasteiger partial charge >= 0.3 is 40.8 Å². The van der Waals surface area contributed by atoms with Gasteiger partial charge in [-0.05, 0) is 24.3 Å².